The third-order valence-electron chi connectivity index (χ3n) is 6.50. The molecule has 1 fully saturated rings. The molecule has 0 bridgehead atoms. The third-order valence-corrected chi connectivity index (χ3v) is 6.50. The van der Waals surface area contributed by atoms with Crippen LogP contribution in [-0.4, -0.2) is 74.8 Å². The summed E-state index contributed by atoms with van der Waals surface area (Å²) in [6.45, 7) is 3.16. The Morgan fingerprint density at radius 2 is 1.31 bits per heavy atom. The number of fused-ring (bicyclic) bond motifs is 4. The summed E-state index contributed by atoms with van der Waals surface area (Å²) in [5, 5.41) is 61.5. The van der Waals surface area contributed by atoms with E-state index in [4.69, 9.17) is 18.9 Å². The van der Waals surface area contributed by atoms with Crippen LogP contribution in [0.4, 0.5) is 0 Å². The minimum absolute atomic E-state index is 0.258. The van der Waals surface area contributed by atoms with Crippen molar-refractivity contribution in [3.63, 3.8) is 0 Å². The number of phenols is 6. The highest BCUT2D eigenvalue weighted by atomic mass is 16.7. The summed E-state index contributed by atoms with van der Waals surface area (Å²) < 4.78 is 22.2. The Kier molecular flexibility index (Phi) is 6.03. The second kappa shape index (κ2) is 8.71. The smallest absolute Gasteiger partial charge is 0.339 e. The Labute approximate surface area is 198 Å². The standard InChI is InChI=1S/C23H24O12/c1-7-8(2)23(32-3)34-13-6-33-21(30)9-4-11(24)16(26)18(28)14(9)15-10(22(31)35-20(7)13)5-12(25)17(27)19(15)29/h4-5,7-8,13,20,23-29H,6H2,1-3H3/t7-,8?,13?,20-,23+/m1/s1. The fourth-order valence-corrected chi connectivity index (χ4v) is 4.39. The molecular weight excluding hydrogens is 468 g/mol. The van der Waals surface area contributed by atoms with Crippen molar-refractivity contribution in [2.45, 2.75) is 32.3 Å². The zero-order valence-corrected chi connectivity index (χ0v) is 18.9. The Morgan fingerprint density at radius 3 is 1.83 bits per heavy atom. The maximum absolute atomic E-state index is 13.3. The van der Waals surface area contributed by atoms with Crippen LogP contribution in [0, 0.1) is 11.8 Å². The van der Waals surface area contributed by atoms with Gasteiger partial charge in [-0.05, 0) is 12.1 Å². The Hall–Kier alpha value is -3.90. The van der Waals surface area contributed by atoms with E-state index >= 15 is 0 Å². The highest BCUT2D eigenvalue weighted by Crippen LogP contribution is 2.53. The molecule has 2 aromatic carbocycles. The Balaban J connectivity index is 1.99. The van der Waals surface area contributed by atoms with Crippen molar-refractivity contribution in [2.75, 3.05) is 13.7 Å². The molecule has 0 amide bonds. The van der Waals surface area contributed by atoms with E-state index in [1.165, 1.54) is 7.11 Å². The minimum Gasteiger partial charge on any atom is -0.504 e. The highest BCUT2D eigenvalue weighted by Gasteiger charge is 2.46. The highest BCUT2D eigenvalue weighted by molar-refractivity contribution is 6.08. The van der Waals surface area contributed by atoms with Crippen molar-refractivity contribution in [3.8, 4) is 45.6 Å². The molecule has 0 radical (unpaired) electrons. The van der Waals surface area contributed by atoms with Crippen LogP contribution in [0.25, 0.3) is 11.1 Å². The number of methoxy groups -OCH3 is 1. The van der Waals surface area contributed by atoms with Gasteiger partial charge in [0.05, 0.1) is 11.1 Å². The molecular formula is C23H24O12. The number of rotatable bonds is 1. The van der Waals surface area contributed by atoms with Crippen LogP contribution >= 0.6 is 0 Å². The van der Waals surface area contributed by atoms with Gasteiger partial charge >= 0.3 is 11.9 Å². The molecule has 2 aliphatic rings. The lowest BCUT2D eigenvalue weighted by molar-refractivity contribution is -0.259. The lowest BCUT2D eigenvalue weighted by Gasteiger charge is -2.43. The van der Waals surface area contributed by atoms with Crippen molar-refractivity contribution in [2.24, 2.45) is 11.8 Å². The number of hydrogen-bond donors (Lipinski definition) is 6. The van der Waals surface area contributed by atoms with E-state index in [9.17, 15) is 40.2 Å². The van der Waals surface area contributed by atoms with E-state index in [0.717, 1.165) is 12.1 Å². The average molecular weight is 492 g/mol. The molecule has 188 valence electrons. The molecule has 4 rings (SSSR count). The molecule has 0 aromatic heterocycles. The predicted octanol–water partition coefficient (Wildman–Crippen LogP) is 1.93. The lowest BCUT2D eigenvalue weighted by atomic mass is 9.84. The van der Waals surface area contributed by atoms with Gasteiger partial charge < -0.3 is 49.6 Å². The first-order valence-electron chi connectivity index (χ1n) is 10.6. The maximum Gasteiger partial charge on any atom is 0.339 e. The van der Waals surface area contributed by atoms with E-state index in [2.05, 4.69) is 0 Å². The summed E-state index contributed by atoms with van der Waals surface area (Å²) >= 11 is 0. The van der Waals surface area contributed by atoms with Crippen LogP contribution in [0.2, 0.25) is 0 Å². The van der Waals surface area contributed by atoms with Crippen LogP contribution in [0.1, 0.15) is 34.6 Å². The van der Waals surface area contributed by atoms with Gasteiger partial charge in [0.2, 0.25) is 11.5 Å². The van der Waals surface area contributed by atoms with Gasteiger partial charge in [0, 0.05) is 30.1 Å². The second-order valence-corrected chi connectivity index (χ2v) is 8.50. The van der Waals surface area contributed by atoms with Crippen LogP contribution in [-0.2, 0) is 18.9 Å². The second-order valence-electron chi connectivity index (χ2n) is 8.50. The van der Waals surface area contributed by atoms with Gasteiger partial charge in [0.1, 0.15) is 18.8 Å². The summed E-state index contributed by atoms with van der Waals surface area (Å²) in [6, 6.07) is 1.53. The van der Waals surface area contributed by atoms with E-state index in [-0.39, 0.29) is 11.8 Å². The molecule has 2 heterocycles. The fourth-order valence-electron chi connectivity index (χ4n) is 4.39. The van der Waals surface area contributed by atoms with E-state index in [1.54, 1.807) is 6.92 Å². The van der Waals surface area contributed by atoms with Gasteiger partial charge in [0.15, 0.2) is 29.3 Å². The van der Waals surface area contributed by atoms with Crippen molar-refractivity contribution in [1.29, 1.82) is 0 Å². The molecule has 12 nitrogen and oxygen atoms in total. The van der Waals surface area contributed by atoms with Crippen LogP contribution in [0.3, 0.4) is 0 Å². The SMILES string of the molecule is CO[C@H]1OC2COC(=O)c3cc(O)c(O)c(O)c3-c3c(cc(O)c(O)c3O)C(=O)O[C@@H]2[C@H](C)C1C. The summed E-state index contributed by atoms with van der Waals surface area (Å²) in [5.41, 5.74) is -2.41. The van der Waals surface area contributed by atoms with Gasteiger partial charge in [0.25, 0.3) is 0 Å². The van der Waals surface area contributed by atoms with E-state index in [0.29, 0.717) is 0 Å². The molecule has 6 N–H and O–H groups in total. The van der Waals surface area contributed by atoms with Crippen LogP contribution in [0.15, 0.2) is 12.1 Å². The van der Waals surface area contributed by atoms with Crippen LogP contribution in [0.5, 0.6) is 34.5 Å². The lowest BCUT2D eigenvalue weighted by Crippen LogP contribution is -2.53. The molecule has 5 atom stereocenters. The molecule has 2 unspecified atom stereocenters. The molecule has 1 saturated heterocycles. The number of ether oxygens (including phenoxy) is 4. The largest absolute Gasteiger partial charge is 0.504 e. The zero-order valence-electron chi connectivity index (χ0n) is 18.9. The van der Waals surface area contributed by atoms with Gasteiger partial charge in [-0.15, -0.1) is 0 Å². The number of carbonyl (C=O) groups is 2. The number of aromatic hydroxyl groups is 6. The summed E-state index contributed by atoms with van der Waals surface area (Å²) in [6.07, 6.45) is -2.66. The number of esters is 2. The van der Waals surface area contributed by atoms with E-state index < -0.39 is 93.8 Å². The third kappa shape index (κ3) is 3.80. The van der Waals surface area contributed by atoms with Gasteiger partial charge in [-0.1, -0.05) is 13.8 Å². The summed E-state index contributed by atoms with van der Waals surface area (Å²) in [5.74, 6) is -8.97. The van der Waals surface area contributed by atoms with Gasteiger partial charge in [-0.25, -0.2) is 9.59 Å². The monoisotopic (exact) mass is 492 g/mol. The molecule has 2 aromatic rings. The Morgan fingerprint density at radius 1 is 0.800 bits per heavy atom. The molecule has 0 spiro atoms. The quantitative estimate of drug-likeness (QED) is 0.251. The van der Waals surface area contributed by atoms with E-state index in [1.807, 2.05) is 6.92 Å². The average Bonchev–Trinajstić information content (AvgIpc) is 2.84. The van der Waals surface area contributed by atoms with Crippen molar-refractivity contribution < 1.29 is 59.2 Å². The van der Waals surface area contributed by atoms with Crippen molar-refractivity contribution in [1.82, 2.24) is 0 Å². The van der Waals surface area contributed by atoms with Gasteiger partial charge in [-0.2, -0.15) is 0 Å². The topological polar surface area (TPSA) is 192 Å². The first kappa shape index (κ1) is 24.2. The normalized spacial score (nSPS) is 26.4. The first-order chi connectivity index (χ1) is 16.5. The molecule has 0 aliphatic carbocycles. The fraction of sp³-hybridized carbons (Fsp3) is 0.391. The summed E-state index contributed by atoms with van der Waals surface area (Å²) in [7, 11) is 1.43. The molecule has 2 aliphatic heterocycles. The minimum atomic E-state index is -1.12. The molecule has 35 heavy (non-hydrogen) atoms. The number of carbonyl (C=O) groups excluding carboxylic acids is 2. The first-order valence-corrected chi connectivity index (χ1v) is 10.6. The van der Waals surface area contributed by atoms with Gasteiger partial charge in [-0.3, -0.25) is 0 Å². The van der Waals surface area contributed by atoms with Crippen molar-refractivity contribution in [3.05, 3.63) is 23.3 Å². The Bertz CT molecular complexity index is 1210. The predicted molar refractivity (Wildman–Crippen MR) is 115 cm³/mol. The number of phenolic OH excluding ortho intramolecular Hbond substituents is 6. The number of cyclic esters (lactones) is 1. The maximum atomic E-state index is 13.3. The molecule has 0 saturated carbocycles. The number of hydrogen-bond acceptors (Lipinski definition) is 12. The van der Waals surface area contributed by atoms with Crippen molar-refractivity contribution >= 4 is 11.9 Å². The molecule has 12 heteroatoms. The summed E-state index contributed by atoms with van der Waals surface area (Å²) in [4.78, 5) is 26.4. The number of benzene rings is 2. The van der Waals surface area contributed by atoms with Crippen LogP contribution < -0.4 is 0 Å². The zero-order chi connectivity index (χ0) is 25.8.